The van der Waals surface area contributed by atoms with E-state index >= 15 is 0 Å². The molecule has 2 bridgehead atoms. The topological polar surface area (TPSA) is 97.8 Å². The molecule has 8 nitrogen and oxygen atoms in total. The van der Waals surface area contributed by atoms with Crippen molar-refractivity contribution in [3.05, 3.63) is 65.4 Å². The number of hydrogen-bond acceptors (Lipinski definition) is 6. The fraction of sp³-hybridized carbons (Fsp3) is 0.286. The van der Waals surface area contributed by atoms with E-state index in [2.05, 4.69) is 60.8 Å². The number of allylic oxidation sites excluding steroid dienone is 1. The van der Waals surface area contributed by atoms with Crippen LogP contribution in [0, 0.1) is 5.92 Å². The maximum Gasteiger partial charge on any atom is 0.278 e. The second-order valence-corrected chi connectivity index (χ2v) is 10.2. The Bertz CT molecular complexity index is 1550. The highest BCUT2D eigenvalue weighted by molar-refractivity contribution is 6.18. The zero-order chi connectivity index (χ0) is 23.8. The van der Waals surface area contributed by atoms with Gasteiger partial charge in [-0.2, -0.15) is 0 Å². The van der Waals surface area contributed by atoms with Gasteiger partial charge in [0.25, 0.3) is 5.91 Å². The summed E-state index contributed by atoms with van der Waals surface area (Å²) < 4.78 is 0. The van der Waals surface area contributed by atoms with Gasteiger partial charge in [-0.25, -0.2) is 9.98 Å². The number of imidazole rings is 1. The summed E-state index contributed by atoms with van der Waals surface area (Å²) in [5.41, 5.74) is 7.50. The molecule has 8 heteroatoms. The highest BCUT2D eigenvalue weighted by Gasteiger charge is 2.37. The number of carbonyl (C=O) groups is 1. The van der Waals surface area contributed by atoms with Gasteiger partial charge in [-0.1, -0.05) is 12.1 Å². The average Bonchev–Trinajstić information content (AvgIpc) is 3.67. The van der Waals surface area contributed by atoms with Crippen LogP contribution >= 0.6 is 0 Å². The molecular formula is C28H25N7O. The summed E-state index contributed by atoms with van der Waals surface area (Å²) in [6, 6.07) is 11.7. The first kappa shape index (κ1) is 20.2. The molecule has 2 fully saturated rings. The zero-order valence-electron chi connectivity index (χ0n) is 19.6. The summed E-state index contributed by atoms with van der Waals surface area (Å²) in [5.74, 6) is 0.616. The molecule has 8 rings (SSSR count). The van der Waals surface area contributed by atoms with E-state index in [1.54, 1.807) is 6.21 Å². The number of aromatic nitrogens is 2. The normalized spacial score (nSPS) is 27.5. The van der Waals surface area contributed by atoms with Gasteiger partial charge in [0.2, 0.25) is 0 Å². The van der Waals surface area contributed by atoms with Gasteiger partial charge in [0.05, 0.1) is 16.6 Å². The van der Waals surface area contributed by atoms with E-state index in [4.69, 9.17) is 4.98 Å². The third-order valence-electron chi connectivity index (χ3n) is 8.24. The van der Waals surface area contributed by atoms with E-state index in [0.717, 1.165) is 46.4 Å². The lowest BCUT2D eigenvalue weighted by Crippen LogP contribution is -2.51. The van der Waals surface area contributed by atoms with Crippen LogP contribution in [0.1, 0.15) is 34.3 Å². The molecule has 2 saturated heterocycles. The van der Waals surface area contributed by atoms with Gasteiger partial charge in [-0.05, 0) is 54.3 Å². The number of hydrogen-bond donors (Lipinski definition) is 3. The minimum absolute atomic E-state index is 0.00450. The predicted molar refractivity (Wildman–Crippen MR) is 142 cm³/mol. The largest absolute Gasteiger partial charge is 0.369 e. The molecule has 2 aromatic carbocycles. The van der Waals surface area contributed by atoms with Crippen molar-refractivity contribution in [2.45, 2.75) is 31.1 Å². The molecule has 0 saturated carbocycles. The first-order chi connectivity index (χ1) is 17.7. The van der Waals surface area contributed by atoms with Crippen molar-refractivity contribution >= 4 is 40.6 Å². The smallest absolute Gasteiger partial charge is 0.278 e. The van der Waals surface area contributed by atoms with Crippen molar-refractivity contribution in [2.75, 3.05) is 18.0 Å². The van der Waals surface area contributed by atoms with Crippen LogP contribution in [0.15, 0.2) is 58.7 Å². The number of piperazine rings is 1. The van der Waals surface area contributed by atoms with Crippen molar-refractivity contribution < 1.29 is 4.79 Å². The van der Waals surface area contributed by atoms with Crippen LogP contribution in [0.4, 0.5) is 5.69 Å². The molecule has 178 valence electrons. The summed E-state index contributed by atoms with van der Waals surface area (Å²) in [6.07, 6.45) is 12.1. The minimum atomic E-state index is -0.222. The average molecular weight is 476 g/mol. The fourth-order valence-corrected chi connectivity index (χ4v) is 6.56. The van der Waals surface area contributed by atoms with E-state index in [1.807, 2.05) is 24.6 Å². The van der Waals surface area contributed by atoms with Gasteiger partial charge < -0.3 is 20.5 Å². The maximum absolute atomic E-state index is 12.9. The number of dihydropyridines is 1. The van der Waals surface area contributed by atoms with Crippen molar-refractivity contribution in [3.8, 4) is 11.4 Å². The van der Waals surface area contributed by atoms with Gasteiger partial charge in [0, 0.05) is 66.5 Å². The second kappa shape index (κ2) is 7.48. The van der Waals surface area contributed by atoms with Crippen LogP contribution in [-0.4, -0.2) is 59.6 Å². The van der Waals surface area contributed by atoms with Crippen LogP contribution < -0.4 is 15.5 Å². The Morgan fingerprint density at radius 1 is 1.03 bits per heavy atom. The molecule has 36 heavy (non-hydrogen) atoms. The maximum atomic E-state index is 12.9. The molecule has 6 heterocycles. The second-order valence-electron chi connectivity index (χ2n) is 10.2. The molecule has 4 atom stereocenters. The Morgan fingerprint density at radius 3 is 2.78 bits per heavy atom. The Hall–Kier alpha value is -4.04. The highest BCUT2D eigenvalue weighted by Crippen LogP contribution is 2.40. The number of carbonyl (C=O) groups excluding carboxylic acids is 1. The minimum Gasteiger partial charge on any atom is -0.369 e. The van der Waals surface area contributed by atoms with Crippen molar-refractivity contribution in [1.29, 1.82) is 0 Å². The molecule has 0 spiro atoms. The standard InChI is InChI=1S/C28H25N7O/c36-28-25-20(7-6-18(22(25)14-32-28)21-13-31-26-19(21)2-1-9-30-26)27-33-23-8-5-15(10-24(23)34-27)35-16-3-4-17(35)12-29-11-16/h1-2,5-10,13-14,16-17,19,26,29,31H,3-4,11-12H2,(H,33,34). The van der Waals surface area contributed by atoms with E-state index in [0.29, 0.717) is 23.5 Å². The van der Waals surface area contributed by atoms with Crippen LogP contribution in [0.2, 0.25) is 0 Å². The number of nitrogens with zero attached hydrogens (tertiary/aromatic N) is 4. The molecule has 4 unspecified atom stereocenters. The van der Waals surface area contributed by atoms with E-state index < -0.39 is 0 Å². The number of amides is 1. The van der Waals surface area contributed by atoms with E-state index in [1.165, 1.54) is 18.5 Å². The third kappa shape index (κ3) is 2.85. The Labute approximate surface area is 207 Å². The lowest BCUT2D eigenvalue weighted by molar-refractivity contribution is 0.101. The van der Waals surface area contributed by atoms with Gasteiger partial charge in [-0.3, -0.25) is 9.79 Å². The van der Waals surface area contributed by atoms with Crippen molar-refractivity contribution in [3.63, 3.8) is 0 Å². The van der Waals surface area contributed by atoms with Gasteiger partial charge in [-0.15, -0.1) is 0 Å². The first-order valence-electron chi connectivity index (χ1n) is 12.7. The summed E-state index contributed by atoms with van der Waals surface area (Å²) in [7, 11) is 0. The number of fused-ring (bicyclic) bond motifs is 5. The molecule has 1 aromatic heterocycles. The molecule has 0 aliphatic carbocycles. The monoisotopic (exact) mass is 475 g/mol. The lowest BCUT2D eigenvalue weighted by Gasteiger charge is -2.37. The summed E-state index contributed by atoms with van der Waals surface area (Å²) >= 11 is 0. The van der Waals surface area contributed by atoms with Gasteiger partial charge in [0.15, 0.2) is 0 Å². The van der Waals surface area contributed by atoms with Gasteiger partial charge >= 0.3 is 0 Å². The number of aromatic amines is 1. The number of aliphatic imine (C=N–C) groups is 2. The SMILES string of the molecule is O=C1N=Cc2c(C3=CNC4N=CC=CC34)ccc(-c3nc4cc(N5C6CCC5CNC6)ccc4[nH]3)c21. The molecule has 1 amide bonds. The number of benzene rings is 2. The van der Waals surface area contributed by atoms with Crippen molar-refractivity contribution in [2.24, 2.45) is 15.9 Å². The van der Waals surface area contributed by atoms with Crippen LogP contribution in [0.25, 0.3) is 28.0 Å². The zero-order valence-corrected chi connectivity index (χ0v) is 19.6. The summed E-state index contributed by atoms with van der Waals surface area (Å²) in [5, 5.41) is 6.90. The van der Waals surface area contributed by atoms with Crippen molar-refractivity contribution in [1.82, 2.24) is 20.6 Å². The Morgan fingerprint density at radius 2 is 1.89 bits per heavy atom. The van der Waals surface area contributed by atoms with E-state index in [9.17, 15) is 4.79 Å². The lowest BCUT2D eigenvalue weighted by atomic mass is 9.86. The van der Waals surface area contributed by atoms with Gasteiger partial charge in [0.1, 0.15) is 12.0 Å². The molecular weight excluding hydrogens is 450 g/mol. The fourth-order valence-electron chi connectivity index (χ4n) is 6.56. The Balaban J connectivity index is 1.19. The molecule has 3 N–H and O–H groups in total. The molecule has 0 radical (unpaired) electrons. The number of H-pyrrole nitrogens is 1. The first-order valence-corrected chi connectivity index (χ1v) is 12.7. The summed E-state index contributed by atoms with van der Waals surface area (Å²) in [4.78, 5) is 32.6. The van der Waals surface area contributed by atoms with E-state index in [-0.39, 0.29) is 18.0 Å². The number of anilines is 1. The van der Waals surface area contributed by atoms with Crippen LogP contribution in [-0.2, 0) is 0 Å². The third-order valence-corrected chi connectivity index (χ3v) is 8.24. The van der Waals surface area contributed by atoms with Crippen LogP contribution in [0.3, 0.4) is 0 Å². The van der Waals surface area contributed by atoms with Crippen LogP contribution in [0.5, 0.6) is 0 Å². The molecule has 5 aliphatic rings. The summed E-state index contributed by atoms with van der Waals surface area (Å²) in [6.45, 7) is 2.08. The Kier molecular flexibility index (Phi) is 4.19. The molecule has 3 aromatic rings. The molecule has 5 aliphatic heterocycles. The number of rotatable bonds is 3. The predicted octanol–water partition coefficient (Wildman–Crippen LogP) is 3.27. The highest BCUT2D eigenvalue weighted by atomic mass is 16.1. The number of nitrogens with one attached hydrogen (secondary N) is 3. The quantitative estimate of drug-likeness (QED) is 0.540.